The van der Waals surface area contributed by atoms with Crippen molar-refractivity contribution in [3.8, 4) is 0 Å². The number of hydrogen-bond donors (Lipinski definition) is 0. The lowest BCUT2D eigenvalue weighted by Gasteiger charge is -2.20. The van der Waals surface area contributed by atoms with Gasteiger partial charge in [0.1, 0.15) is 0 Å². The number of aryl methyl sites for hydroxylation is 1. The standard InChI is InChI=1S/C15H16FNO2S/c1-12-8-10-15(11-9-12)20(18,19)17(16)13(2)14-6-4-3-5-7-14/h3-11,13H,1-2H3/t13-/m0/s1. The van der Waals surface area contributed by atoms with E-state index < -0.39 is 16.1 Å². The third-order valence-electron chi connectivity index (χ3n) is 3.13. The predicted octanol–water partition coefficient (Wildman–Crippen LogP) is 3.63. The minimum Gasteiger partial charge on any atom is -0.205 e. The normalized spacial score (nSPS) is 13.4. The first-order valence-electron chi connectivity index (χ1n) is 6.25. The Morgan fingerprint density at radius 3 is 2.10 bits per heavy atom. The van der Waals surface area contributed by atoms with Gasteiger partial charge in [0.25, 0.3) is 10.0 Å². The summed E-state index contributed by atoms with van der Waals surface area (Å²) in [5.41, 5.74) is 1.52. The summed E-state index contributed by atoms with van der Waals surface area (Å²) in [6.07, 6.45) is 0. The molecular weight excluding hydrogens is 277 g/mol. The van der Waals surface area contributed by atoms with E-state index in [1.54, 1.807) is 42.5 Å². The van der Waals surface area contributed by atoms with Gasteiger partial charge in [-0.2, -0.15) is 0 Å². The molecule has 0 bridgehead atoms. The van der Waals surface area contributed by atoms with Crippen LogP contribution in [0.25, 0.3) is 0 Å². The highest BCUT2D eigenvalue weighted by molar-refractivity contribution is 7.89. The maximum Gasteiger partial charge on any atom is 0.269 e. The SMILES string of the molecule is Cc1ccc(S(=O)(=O)N(F)[C@@H](C)c2ccccc2)cc1. The lowest BCUT2D eigenvalue weighted by molar-refractivity contribution is 0.0930. The number of rotatable bonds is 4. The number of sulfonamides is 1. The van der Waals surface area contributed by atoms with Crippen LogP contribution in [0, 0.1) is 6.92 Å². The molecule has 0 amide bonds. The van der Waals surface area contributed by atoms with Crippen molar-refractivity contribution in [2.24, 2.45) is 0 Å². The van der Waals surface area contributed by atoms with Crippen LogP contribution in [0.1, 0.15) is 24.1 Å². The summed E-state index contributed by atoms with van der Waals surface area (Å²) >= 11 is 0. The Kier molecular flexibility index (Phi) is 4.20. The van der Waals surface area contributed by atoms with E-state index in [4.69, 9.17) is 0 Å². The van der Waals surface area contributed by atoms with Crippen LogP contribution in [0.5, 0.6) is 0 Å². The van der Waals surface area contributed by atoms with E-state index in [9.17, 15) is 12.9 Å². The van der Waals surface area contributed by atoms with Crippen molar-refractivity contribution in [1.82, 2.24) is 4.53 Å². The van der Waals surface area contributed by atoms with Crippen LogP contribution in [0.15, 0.2) is 59.5 Å². The largest absolute Gasteiger partial charge is 0.269 e. The molecule has 0 spiro atoms. The maximum atomic E-state index is 14.3. The molecule has 3 nitrogen and oxygen atoms in total. The van der Waals surface area contributed by atoms with Gasteiger partial charge in [0.2, 0.25) is 0 Å². The quantitative estimate of drug-likeness (QED) is 0.807. The van der Waals surface area contributed by atoms with Gasteiger partial charge >= 0.3 is 0 Å². The van der Waals surface area contributed by atoms with Crippen molar-refractivity contribution >= 4 is 10.0 Å². The van der Waals surface area contributed by atoms with Crippen molar-refractivity contribution in [3.05, 3.63) is 65.7 Å². The van der Waals surface area contributed by atoms with Crippen molar-refractivity contribution in [2.75, 3.05) is 0 Å². The van der Waals surface area contributed by atoms with Gasteiger partial charge in [-0.3, -0.25) is 0 Å². The average molecular weight is 293 g/mol. The van der Waals surface area contributed by atoms with Crippen molar-refractivity contribution in [1.29, 1.82) is 0 Å². The summed E-state index contributed by atoms with van der Waals surface area (Å²) in [4.78, 5) is -0.0478. The highest BCUT2D eigenvalue weighted by Gasteiger charge is 2.30. The van der Waals surface area contributed by atoms with E-state index in [1.807, 2.05) is 6.92 Å². The Balaban J connectivity index is 2.32. The van der Waals surface area contributed by atoms with E-state index in [0.29, 0.717) is 5.56 Å². The van der Waals surface area contributed by atoms with Crippen molar-refractivity contribution in [2.45, 2.75) is 24.8 Å². The van der Waals surface area contributed by atoms with Gasteiger partial charge < -0.3 is 0 Å². The van der Waals surface area contributed by atoms with E-state index >= 15 is 0 Å². The third-order valence-corrected chi connectivity index (χ3v) is 4.78. The lowest BCUT2D eigenvalue weighted by atomic mass is 10.1. The summed E-state index contributed by atoms with van der Waals surface area (Å²) in [6.45, 7) is 3.36. The van der Waals surface area contributed by atoms with Crippen LogP contribution >= 0.6 is 0 Å². The Bertz CT molecular complexity index is 669. The van der Waals surface area contributed by atoms with Crippen LogP contribution in [0.3, 0.4) is 0 Å². The Hall–Kier alpha value is -1.72. The number of hydrogen-bond acceptors (Lipinski definition) is 2. The van der Waals surface area contributed by atoms with E-state index in [0.717, 1.165) is 5.56 Å². The molecule has 0 fully saturated rings. The van der Waals surface area contributed by atoms with Crippen molar-refractivity contribution in [3.63, 3.8) is 0 Å². The van der Waals surface area contributed by atoms with E-state index in [1.165, 1.54) is 19.1 Å². The minimum absolute atomic E-state index is 0.0478. The maximum absolute atomic E-state index is 14.3. The topological polar surface area (TPSA) is 37.4 Å². The molecule has 0 saturated carbocycles. The number of benzene rings is 2. The summed E-state index contributed by atoms with van der Waals surface area (Å²) in [7, 11) is -4.14. The summed E-state index contributed by atoms with van der Waals surface area (Å²) in [6, 6.07) is 13.9. The van der Waals surface area contributed by atoms with Crippen LogP contribution < -0.4 is 0 Å². The molecule has 0 radical (unpaired) electrons. The second-order valence-electron chi connectivity index (χ2n) is 4.65. The highest BCUT2D eigenvalue weighted by Crippen LogP contribution is 2.27. The van der Waals surface area contributed by atoms with Gasteiger partial charge in [-0.15, -0.1) is 4.48 Å². The molecule has 1 atom stereocenters. The zero-order valence-corrected chi connectivity index (χ0v) is 12.1. The zero-order valence-electron chi connectivity index (χ0n) is 11.3. The molecule has 0 unspecified atom stereocenters. The first-order chi connectivity index (χ1) is 9.43. The highest BCUT2D eigenvalue weighted by atomic mass is 32.2. The van der Waals surface area contributed by atoms with Gasteiger partial charge in [-0.05, 0) is 36.1 Å². The fraction of sp³-hybridized carbons (Fsp3) is 0.200. The zero-order chi connectivity index (χ0) is 14.8. The molecule has 0 aliphatic carbocycles. The number of nitrogens with zero attached hydrogens (tertiary/aromatic N) is 1. The summed E-state index contributed by atoms with van der Waals surface area (Å²) in [5.74, 6) is 0. The fourth-order valence-electron chi connectivity index (χ4n) is 1.87. The van der Waals surface area contributed by atoms with Gasteiger partial charge in [0, 0.05) is 0 Å². The molecule has 2 aromatic carbocycles. The molecule has 5 heteroatoms. The summed E-state index contributed by atoms with van der Waals surface area (Å²) in [5, 5.41) is 0. The second kappa shape index (κ2) is 5.73. The Morgan fingerprint density at radius 2 is 1.55 bits per heavy atom. The molecule has 0 saturated heterocycles. The van der Waals surface area contributed by atoms with Gasteiger partial charge in [0.15, 0.2) is 0 Å². The van der Waals surface area contributed by atoms with Crippen LogP contribution in [0.4, 0.5) is 4.48 Å². The van der Waals surface area contributed by atoms with Gasteiger partial charge in [0.05, 0.1) is 10.9 Å². The molecule has 0 aliphatic heterocycles. The number of halogens is 1. The van der Waals surface area contributed by atoms with E-state index in [2.05, 4.69) is 0 Å². The van der Waals surface area contributed by atoms with Gasteiger partial charge in [-0.25, -0.2) is 8.42 Å². The molecule has 0 N–H and O–H groups in total. The molecular formula is C15H16FNO2S. The second-order valence-corrected chi connectivity index (χ2v) is 6.42. The Morgan fingerprint density at radius 1 is 1.00 bits per heavy atom. The summed E-state index contributed by atoms with van der Waals surface area (Å²) < 4.78 is 38.6. The first kappa shape index (κ1) is 14.7. The van der Waals surface area contributed by atoms with Crippen LogP contribution in [-0.2, 0) is 10.0 Å². The average Bonchev–Trinajstić information content (AvgIpc) is 2.47. The smallest absolute Gasteiger partial charge is 0.205 e. The van der Waals surface area contributed by atoms with Crippen LogP contribution in [0.2, 0.25) is 0 Å². The first-order valence-corrected chi connectivity index (χ1v) is 7.69. The fourth-order valence-corrected chi connectivity index (χ4v) is 3.09. The molecule has 2 rings (SSSR count). The Labute approximate surface area is 118 Å². The molecule has 0 aliphatic rings. The van der Waals surface area contributed by atoms with Gasteiger partial charge in [-0.1, -0.05) is 48.0 Å². The lowest BCUT2D eigenvalue weighted by Crippen LogP contribution is -2.26. The molecule has 0 heterocycles. The van der Waals surface area contributed by atoms with E-state index in [-0.39, 0.29) is 9.42 Å². The minimum atomic E-state index is -4.14. The molecule has 20 heavy (non-hydrogen) atoms. The molecule has 106 valence electrons. The monoisotopic (exact) mass is 293 g/mol. The molecule has 0 aromatic heterocycles. The third kappa shape index (κ3) is 2.89. The van der Waals surface area contributed by atoms with Crippen molar-refractivity contribution < 1.29 is 12.9 Å². The molecule has 2 aromatic rings. The predicted molar refractivity (Wildman–Crippen MR) is 76.2 cm³/mol. The van der Waals surface area contributed by atoms with Crippen LogP contribution in [-0.4, -0.2) is 12.9 Å².